The van der Waals surface area contributed by atoms with Crippen LogP contribution in [0.2, 0.25) is 0 Å². The molecule has 5 nitrogen and oxygen atoms in total. The van der Waals surface area contributed by atoms with Crippen LogP contribution in [0.3, 0.4) is 0 Å². The van der Waals surface area contributed by atoms with E-state index in [2.05, 4.69) is 20.9 Å². The first-order chi connectivity index (χ1) is 8.52. The van der Waals surface area contributed by atoms with Gasteiger partial charge in [-0.3, -0.25) is 0 Å². The number of pyridine rings is 1. The molecule has 0 spiro atoms. The summed E-state index contributed by atoms with van der Waals surface area (Å²) >= 11 is 3.38. The van der Waals surface area contributed by atoms with Crippen molar-refractivity contribution in [2.75, 3.05) is 36.2 Å². The molecule has 0 aliphatic carbocycles. The minimum absolute atomic E-state index is 0.0631. The van der Waals surface area contributed by atoms with Gasteiger partial charge in [-0.05, 0) is 12.1 Å². The molecule has 1 unspecified atom stereocenters. The van der Waals surface area contributed by atoms with E-state index in [4.69, 9.17) is 4.74 Å². The van der Waals surface area contributed by atoms with Crippen molar-refractivity contribution in [1.82, 2.24) is 4.98 Å². The van der Waals surface area contributed by atoms with Gasteiger partial charge in [0.1, 0.15) is 10.7 Å². The molecule has 1 saturated heterocycles. The van der Waals surface area contributed by atoms with Crippen LogP contribution in [0.5, 0.6) is 0 Å². The largest absolute Gasteiger partial charge is 0.374 e. The fourth-order valence-electron chi connectivity index (χ4n) is 1.91. The second-order valence-electron chi connectivity index (χ2n) is 4.19. The molecule has 0 saturated carbocycles. The zero-order valence-electron chi connectivity index (χ0n) is 10.0. The van der Waals surface area contributed by atoms with Gasteiger partial charge in [-0.2, -0.15) is 0 Å². The third-order valence-corrected chi connectivity index (χ3v) is 4.60. The second-order valence-corrected chi connectivity index (χ2v) is 6.82. The SMILES string of the molecule is CS(=O)(=O)c1cccnc1N1CCOC(CBr)C1. The summed E-state index contributed by atoms with van der Waals surface area (Å²) in [4.78, 5) is 6.46. The van der Waals surface area contributed by atoms with E-state index < -0.39 is 9.84 Å². The van der Waals surface area contributed by atoms with Crippen molar-refractivity contribution in [3.05, 3.63) is 18.3 Å². The van der Waals surface area contributed by atoms with Crippen LogP contribution in [-0.2, 0) is 14.6 Å². The average molecular weight is 335 g/mol. The molecule has 1 aliphatic rings. The smallest absolute Gasteiger partial charge is 0.179 e. The number of alkyl halides is 1. The van der Waals surface area contributed by atoms with Crippen LogP contribution in [-0.4, -0.2) is 50.8 Å². The lowest BCUT2D eigenvalue weighted by Crippen LogP contribution is -2.44. The van der Waals surface area contributed by atoms with Crippen LogP contribution < -0.4 is 4.90 Å². The Morgan fingerprint density at radius 2 is 2.39 bits per heavy atom. The summed E-state index contributed by atoms with van der Waals surface area (Å²) in [7, 11) is -3.26. The summed E-state index contributed by atoms with van der Waals surface area (Å²) in [5.41, 5.74) is 0. The number of halogens is 1. The summed E-state index contributed by atoms with van der Waals surface area (Å²) in [5, 5.41) is 0.727. The molecule has 2 rings (SSSR count). The average Bonchev–Trinajstić information content (AvgIpc) is 2.38. The van der Waals surface area contributed by atoms with Gasteiger partial charge in [-0.15, -0.1) is 0 Å². The molecule has 7 heteroatoms. The molecule has 18 heavy (non-hydrogen) atoms. The first-order valence-corrected chi connectivity index (χ1v) is 8.61. The number of hydrogen-bond donors (Lipinski definition) is 0. The van der Waals surface area contributed by atoms with Crippen molar-refractivity contribution in [2.45, 2.75) is 11.0 Å². The van der Waals surface area contributed by atoms with Gasteiger partial charge in [-0.1, -0.05) is 15.9 Å². The summed E-state index contributed by atoms with van der Waals surface area (Å²) < 4.78 is 29.0. The summed E-state index contributed by atoms with van der Waals surface area (Å²) in [6, 6.07) is 3.23. The van der Waals surface area contributed by atoms with Crippen LogP contribution in [0.4, 0.5) is 5.82 Å². The van der Waals surface area contributed by atoms with Crippen LogP contribution in [0, 0.1) is 0 Å². The third-order valence-electron chi connectivity index (χ3n) is 2.76. The highest BCUT2D eigenvalue weighted by atomic mass is 79.9. The Hall–Kier alpha value is -0.660. The van der Waals surface area contributed by atoms with Crippen LogP contribution in [0.1, 0.15) is 0 Å². The van der Waals surface area contributed by atoms with E-state index in [1.807, 2.05) is 4.90 Å². The monoisotopic (exact) mass is 334 g/mol. The molecular formula is C11H15BrN2O3S. The number of hydrogen-bond acceptors (Lipinski definition) is 5. The lowest BCUT2D eigenvalue weighted by molar-refractivity contribution is 0.0566. The minimum atomic E-state index is -3.26. The van der Waals surface area contributed by atoms with Gasteiger partial charge in [-0.25, -0.2) is 13.4 Å². The van der Waals surface area contributed by atoms with Gasteiger partial charge >= 0.3 is 0 Å². The van der Waals surface area contributed by atoms with E-state index in [0.717, 1.165) is 5.33 Å². The number of aromatic nitrogens is 1. The predicted molar refractivity (Wildman–Crippen MR) is 73.1 cm³/mol. The summed E-state index contributed by atoms with van der Waals surface area (Å²) in [5.74, 6) is 0.522. The van der Waals surface area contributed by atoms with Crippen molar-refractivity contribution in [3.63, 3.8) is 0 Å². The maximum atomic E-state index is 11.7. The van der Waals surface area contributed by atoms with E-state index in [0.29, 0.717) is 25.5 Å². The molecule has 1 aromatic heterocycles. The molecule has 0 bridgehead atoms. The van der Waals surface area contributed by atoms with Crippen molar-refractivity contribution >= 4 is 31.6 Å². The molecule has 100 valence electrons. The Morgan fingerprint density at radius 1 is 1.61 bits per heavy atom. The molecule has 0 amide bonds. The predicted octanol–water partition coefficient (Wildman–Crippen LogP) is 1.09. The molecule has 1 atom stereocenters. The molecule has 0 N–H and O–H groups in total. The Balaban J connectivity index is 2.33. The Labute approximate surface area is 115 Å². The molecular weight excluding hydrogens is 320 g/mol. The van der Waals surface area contributed by atoms with Gasteiger partial charge in [0.2, 0.25) is 0 Å². The van der Waals surface area contributed by atoms with Crippen LogP contribution in [0.15, 0.2) is 23.2 Å². The fourth-order valence-corrected chi connectivity index (χ4v) is 3.15. The Bertz CT molecular complexity index is 521. The van der Waals surface area contributed by atoms with Gasteiger partial charge in [0.05, 0.1) is 12.7 Å². The van der Waals surface area contributed by atoms with Gasteiger partial charge in [0.25, 0.3) is 0 Å². The minimum Gasteiger partial charge on any atom is -0.374 e. The third kappa shape index (κ3) is 3.02. The van der Waals surface area contributed by atoms with Crippen molar-refractivity contribution in [1.29, 1.82) is 0 Å². The number of ether oxygens (including phenoxy) is 1. The zero-order chi connectivity index (χ0) is 13.2. The molecule has 1 fully saturated rings. The first kappa shape index (κ1) is 13.8. The van der Waals surface area contributed by atoms with Crippen LogP contribution >= 0.6 is 15.9 Å². The Kier molecular flexibility index (Phi) is 4.24. The number of morpholine rings is 1. The zero-order valence-corrected chi connectivity index (χ0v) is 12.4. The van der Waals surface area contributed by atoms with E-state index in [9.17, 15) is 8.42 Å². The lowest BCUT2D eigenvalue weighted by atomic mass is 10.3. The highest BCUT2D eigenvalue weighted by Gasteiger charge is 2.25. The maximum Gasteiger partial charge on any atom is 0.179 e. The second kappa shape index (κ2) is 5.54. The van der Waals surface area contributed by atoms with Crippen molar-refractivity contribution < 1.29 is 13.2 Å². The van der Waals surface area contributed by atoms with E-state index in [-0.39, 0.29) is 11.0 Å². The highest BCUT2D eigenvalue weighted by Crippen LogP contribution is 2.24. The molecule has 0 radical (unpaired) electrons. The van der Waals surface area contributed by atoms with Crippen molar-refractivity contribution in [3.8, 4) is 0 Å². The topological polar surface area (TPSA) is 59.5 Å². The summed E-state index contributed by atoms with van der Waals surface area (Å²) in [6.45, 7) is 1.88. The van der Waals surface area contributed by atoms with Gasteiger partial charge in [0, 0.05) is 30.9 Å². The molecule has 1 aliphatic heterocycles. The number of sulfone groups is 1. The standard InChI is InChI=1S/C11H15BrN2O3S/c1-18(15,16)10-3-2-4-13-11(10)14-5-6-17-9(7-12)8-14/h2-4,9H,5-8H2,1H3. The van der Waals surface area contributed by atoms with Gasteiger partial charge in [0.15, 0.2) is 9.84 Å². The van der Waals surface area contributed by atoms with E-state index in [1.54, 1.807) is 18.3 Å². The maximum absolute atomic E-state index is 11.7. The van der Waals surface area contributed by atoms with Gasteiger partial charge < -0.3 is 9.64 Å². The normalized spacial score (nSPS) is 21.0. The molecule has 0 aromatic carbocycles. The molecule has 2 heterocycles. The lowest BCUT2D eigenvalue weighted by Gasteiger charge is -2.33. The number of anilines is 1. The highest BCUT2D eigenvalue weighted by molar-refractivity contribution is 9.09. The fraction of sp³-hybridized carbons (Fsp3) is 0.545. The van der Waals surface area contributed by atoms with Crippen molar-refractivity contribution in [2.24, 2.45) is 0 Å². The summed E-state index contributed by atoms with van der Waals surface area (Å²) in [6.07, 6.45) is 2.88. The molecule has 1 aromatic rings. The number of nitrogens with zero attached hydrogens (tertiary/aromatic N) is 2. The first-order valence-electron chi connectivity index (χ1n) is 5.60. The van der Waals surface area contributed by atoms with E-state index in [1.165, 1.54) is 6.26 Å². The van der Waals surface area contributed by atoms with E-state index >= 15 is 0 Å². The number of rotatable bonds is 3. The Morgan fingerprint density at radius 3 is 3.06 bits per heavy atom. The van der Waals surface area contributed by atoms with Crippen LogP contribution in [0.25, 0.3) is 0 Å². The quantitative estimate of drug-likeness (QED) is 0.774.